The van der Waals surface area contributed by atoms with Crippen LogP contribution in [0, 0.1) is 0 Å². The minimum atomic E-state index is -0.321. The minimum absolute atomic E-state index is 0.321. The highest BCUT2D eigenvalue weighted by atomic mass is 16.5. The summed E-state index contributed by atoms with van der Waals surface area (Å²) >= 11 is 0. The van der Waals surface area contributed by atoms with Crippen LogP contribution in [0.15, 0.2) is 11.8 Å². The molecule has 3 nitrogen and oxygen atoms in total. The lowest BCUT2D eigenvalue weighted by atomic mass is 10.4. The highest BCUT2D eigenvalue weighted by molar-refractivity contribution is 5.82. The van der Waals surface area contributed by atoms with Crippen molar-refractivity contribution in [1.82, 2.24) is 5.32 Å². The van der Waals surface area contributed by atoms with Gasteiger partial charge in [0.1, 0.15) is 0 Å². The molecule has 0 unspecified atom stereocenters. The molecule has 1 N–H and O–H groups in total. The molecule has 0 aliphatic rings. The van der Waals surface area contributed by atoms with Crippen molar-refractivity contribution in [2.24, 2.45) is 0 Å². The number of hydrogen-bond acceptors (Lipinski definition) is 3. The Kier molecular flexibility index (Phi) is 4.37. The van der Waals surface area contributed by atoms with Crippen molar-refractivity contribution in [2.75, 3.05) is 13.7 Å². The Hall–Kier alpha value is -0.990. The van der Waals surface area contributed by atoms with Gasteiger partial charge in [0.15, 0.2) is 0 Å². The van der Waals surface area contributed by atoms with E-state index in [0.29, 0.717) is 0 Å². The van der Waals surface area contributed by atoms with E-state index in [-0.39, 0.29) is 5.97 Å². The molecule has 58 valence electrons. The standard InChI is InChI=1S/C7H13NO2/c1-4-8-6(2)5-7(9)10-3/h5,8H,4H2,1-3H3/b6-5+. The molecule has 0 saturated carbocycles. The van der Waals surface area contributed by atoms with E-state index in [1.165, 1.54) is 13.2 Å². The van der Waals surface area contributed by atoms with E-state index in [1.807, 2.05) is 13.8 Å². The predicted octanol–water partition coefficient (Wildman–Crippen LogP) is 0.673. The molecule has 0 atom stereocenters. The van der Waals surface area contributed by atoms with Gasteiger partial charge < -0.3 is 10.1 Å². The number of allylic oxidation sites excluding steroid dienone is 1. The summed E-state index contributed by atoms with van der Waals surface area (Å²) < 4.78 is 4.41. The third-order valence-corrected chi connectivity index (χ3v) is 0.991. The van der Waals surface area contributed by atoms with Gasteiger partial charge in [-0.2, -0.15) is 0 Å². The van der Waals surface area contributed by atoms with E-state index < -0.39 is 0 Å². The maximum Gasteiger partial charge on any atom is 0.332 e. The Morgan fingerprint density at radius 3 is 2.70 bits per heavy atom. The number of ether oxygens (including phenoxy) is 1. The summed E-state index contributed by atoms with van der Waals surface area (Å²) in [6.07, 6.45) is 1.42. The molecule has 0 aromatic rings. The zero-order chi connectivity index (χ0) is 7.98. The molecule has 0 radical (unpaired) electrons. The van der Waals surface area contributed by atoms with E-state index in [2.05, 4.69) is 10.1 Å². The molecular weight excluding hydrogens is 130 g/mol. The quantitative estimate of drug-likeness (QED) is 0.466. The average Bonchev–Trinajstić information content (AvgIpc) is 1.88. The summed E-state index contributed by atoms with van der Waals surface area (Å²) in [5.74, 6) is -0.321. The molecule has 0 heterocycles. The summed E-state index contributed by atoms with van der Waals surface area (Å²) in [6, 6.07) is 0. The van der Waals surface area contributed by atoms with Gasteiger partial charge in [0.2, 0.25) is 0 Å². The molecule has 0 fully saturated rings. The van der Waals surface area contributed by atoms with Crippen LogP contribution in [-0.2, 0) is 9.53 Å². The number of rotatable bonds is 3. The van der Waals surface area contributed by atoms with Crippen LogP contribution in [0.5, 0.6) is 0 Å². The van der Waals surface area contributed by atoms with Crippen molar-refractivity contribution in [3.05, 3.63) is 11.8 Å². The third kappa shape index (κ3) is 3.95. The number of esters is 1. The van der Waals surface area contributed by atoms with Crippen LogP contribution in [0.1, 0.15) is 13.8 Å². The first kappa shape index (κ1) is 9.01. The van der Waals surface area contributed by atoms with Crippen molar-refractivity contribution in [3.8, 4) is 0 Å². The Bertz CT molecular complexity index is 141. The fraction of sp³-hybridized carbons (Fsp3) is 0.571. The first-order valence-electron chi connectivity index (χ1n) is 3.20. The van der Waals surface area contributed by atoms with Crippen molar-refractivity contribution >= 4 is 5.97 Å². The lowest BCUT2D eigenvalue weighted by molar-refractivity contribution is -0.134. The van der Waals surface area contributed by atoms with Gasteiger partial charge in [0, 0.05) is 18.3 Å². The smallest absolute Gasteiger partial charge is 0.332 e. The molecule has 0 aromatic heterocycles. The number of carbonyl (C=O) groups excluding carboxylic acids is 1. The van der Waals surface area contributed by atoms with E-state index in [0.717, 1.165) is 12.2 Å². The Morgan fingerprint density at radius 2 is 2.30 bits per heavy atom. The molecule has 0 spiro atoms. The SMILES string of the molecule is CCN/C(C)=C/C(=O)OC. The summed E-state index contributed by atoms with van der Waals surface area (Å²) in [5.41, 5.74) is 0.828. The molecule has 3 heteroatoms. The first-order chi connectivity index (χ1) is 4.70. The van der Waals surface area contributed by atoms with Crippen LogP contribution in [0.25, 0.3) is 0 Å². The zero-order valence-corrected chi connectivity index (χ0v) is 6.60. The molecule has 0 aliphatic heterocycles. The number of carbonyl (C=O) groups is 1. The average molecular weight is 143 g/mol. The molecule has 0 aromatic carbocycles. The van der Waals surface area contributed by atoms with Crippen LogP contribution in [0.3, 0.4) is 0 Å². The van der Waals surface area contributed by atoms with Crippen LogP contribution in [0.4, 0.5) is 0 Å². The Balaban J connectivity index is 3.77. The van der Waals surface area contributed by atoms with Crippen LogP contribution in [-0.4, -0.2) is 19.6 Å². The highest BCUT2D eigenvalue weighted by Gasteiger charge is 1.93. The van der Waals surface area contributed by atoms with Gasteiger partial charge >= 0.3 is 5.97 Å². The fourth-order valence-electron chi connectivity index (χ4n) is 0.566. The molecule has 0 saturated heterocycles. The van der Waals surface area contributed by atoms with E-state index >= 15 is 0 Å². The van der Waals surface area contributed by atoms with Gasteiger partial charge in [-0.1, -0.05) is 0 Å². The topological polar surface area (TPSA) is 38.3 Å². The van der Waals surface area contributed by atoms with E-state index in [1.54, 1.807) is 0 Å². The molecule has 0 amide bonds. The Morgan fingerprint density at radius 1 is 1.70 bits per heavy atom. The van der Waals surface area contributed by atoms with E-state index in [9.17, 15) is 4.79 Å². The maximum absolute atomic E-state index is 10.6. The highest BCUT2D eigenvalue weighted by Crippen LogP contribution is 1.86. The maximum atomic E-state index is 10.6. The molecule has 0 aliphatic carbocycles. The minimum Gasteiger partial charge on any atom is -0.466 e. The summed E-state index contributed by atoms with van der Waals surface area (Å²) in [6.45, 7) is 4.61. The van der Waals surface area contributed by atoms with Gasteiger partial charge in [0.25, 0.3) is 0 Å². The van der Waals surface area contributed by atoms with Gasteiger partial charge in [-0.3, -0.25) is 0 Å². The summed E-state index contributed by atoms with van der Waals surface area (Å²) in [5, 5.41) is 2.97. The second kappa shape index (κ2) is 4.85. The third-order valence-electron chi connectivity index (χ3n) is 0.991. The van der Waals surface area contributed by atoms with Crippen LogP contribution < -0.4 is 5.32 Å². The monoisotopic (exact) mass is 143 g/mol. The van der Waals surface area contributed by atoms with Gasteiger partial charge in [-0.15, -0.1) is 0 Å². The largest absolute Gasteiger partial charge is 0.466 e. The number of methoxy groups -OCH3 is 1. The van der Waals surface area contributed by atoms with E-state index in [4.69, 9.17) is 0 Å². The molecular formula is C7H13NO2. The second-order valence-corrected chi connectivity index (χ2v) is 1.88. The number of hydrogen-bond donors (Lipinski definition) is 1. The second-order valence-electron chi connectivity index (χ2n) is 1.88. The zero-order valence-electron chi connectivity index (χ0n) is 6.60. The van der Waals surface area contributed by atoms with Crippen LogP contribution >= 0.6 is 0 Å². The van der Waals surface area contributed by atoms with Crippen molar-refractivity contribution < 1.29 is 9.53 Å². The van der Waals surface area contributed by atoms with Crippen molar-refractivity contribution in [3.63, 3.8) is 0 Å². The summed E-state index contributed by atoms with van der Waals surface area (Å²) in [4.78, 5) is 10.6. The predicted molar refractivity (Wildman–Crippen MR) is 39.4 cm³/mol. The van der Waals surface area contributed by atoms with Crippen molar-refractivity contribution in [2.45, 2.75) is 13.8 Å². The summed E-state index contributed by atoms with van der Waals surface area (Å²) in [7, 11) is 1.36. The normalized spacial score (nSPS) is 10.9. The van der Waals surface area contributed by atoms with Gasteiger partial charge in [-0.05, 0) is 13.8 Å². The fourth-order valence-corrected chi connectivity index (χ4v) is 0.566. The van der Waals surface area contributed by atoms with Crippen LogP contribution in [0.2, 0.25) is 0 Å². The molecule has 10 heavy (non-hydrogen) atoms. The first-order valence-corrected chi connectivity index (χ1v) is 3.20. The van der Waals surface area contributed by atoms with Crippen molar-refractivity contribution in [1.29, 1.82) is 0 Å². The molecule has 0 rings (SSSR count). The van der Waals surface area contributed by atoms with Gasteiger partial charge in [0.05, 0.1) is 7.11 Å². The lowest BCUT2D eigenvalue weighted by Crippen LogP contribution is -2.11. The molecule has 0 bridgehead atoms. The lowest BCUT2D eigenvalue weighted by Gasteiger charge is -2.00. The number of nitrogens with one attached hydrogen (secondary N) is 1. The van der Waals surface area contributed by atoms with Gasteiger partial charge in [-0.25, -0.2) is 4.79 Å². The Labute approximate surface area is 61.1 Å².